The molecule has 10 heavy (non-hydrogen) atoms. The van der Waals surface area contributed by atoms with Gasteiger partial charge < -0.3 is 10.2 Å². The predicted molar refractivity (Wildman–Crippen MR) is 39.6 cm³/mol. The fourth-order valence-electron chi connectivity index (χ4n) is 1.61. The minimum Gasteiger partial charge on any atom is -0.393 e. The van der Waals surface area contributed by atoms with Gasteiger partial charge in [-0.1, -0.05) is 13.8 Å². The molecule has 2 heteroatoms. The van der Waals surface area contributed by atoms with Gasteiger partial charge in [0.25, 0.3) is 0 Å². The summed E-state index contributed by atoms with van der Waals surface area (Å²) in [6.07, 6.45) is 0.933. The van der Waals surface area contributed by atoms with Gasteiger partial charge in [0.15, 0.2) is 0 Å². The molecule has 0 spiro atoms. The van der Waals surface area contributed by atoms with Gasteiger partial charge in [-0.2, -0.15) is 0 Å². The summed E-state index contributed by atoms with van der Waals surface area (Å²) < 4.78 is 0. The number of rotatable bonds is 0. The van der Waals surface area contributed by atoms with Gasteiger partial charge >= 0.3 is 0 Å². The van der Waals surface area contributed by atoms with E-state index in [4.69, 9.17) is 0 Å². The SMILES string of the molecule is C[C@@H]1C[C@H](C)[C@H](O)C[C@@H]1O. The molecule has 0 aromatic carbocycles. The highest BCUT2D eigenvalue weighted by Gasteiger charge is 2.29. The number of hydrogen-bond acceptors (Lipinski definition) is 2. The minimum absolute atomic E-state index is 0.286. The molecule has 1 aliphatic rings. The van der Waals surface area contributed by atoms with Gasteiger partial charge in [-0.3, -0.25) is 0 Å². The van der Waals surface area contributed by atoms with Crippen molar-refractivity contribution >= 4 is 0 Å². The molecular weight excluding hydrogens is 128 g/mol. The van der Waals surface area contributed by atoms with E-state index in [1.54, 1.807) is 0 Å². The van der Waals surface area contributed by atoms with E-state index in [0.29, 0.717) is 18.3 Å². The minimum atomic E-state index is -0.286. The van der Waals surface area contributed by atoms with Crippen LogP contribution in [-0.4, -0.2) is 22.4 Å². The van der Waals surface area contributed by atoms with Crippen LogP contribution in [0, 0.1) is 11.8 Å². The highest BCUT2D eigenvalue weighted by atomic mass is 16.3. The van der Waals surface area contributed by atoms with Crippen molar-refractivity contribution in [3.8, 4) is 0 Å². The molecule has 0 radical (unpaired) electrons. The Bertz CT molecular complexity index is 87.8. The summed E-state index contributed by atoms with van der Waals surface area (Å²) in [5, 5.41) is 18.6. The lowest BCUT2D eigenvalue weighted by molar-refractivity contribution is -0.0237. The fourth-order valence-corrected chi connectivity index (χ4v) is 1.61. The lowest BCUT2D eigenvalue weighted by Crippen LogP contribution is -2.35. The van der Waals surface area contributed by atoms with Gasteiger partial charge in [-0.15, -0.1) is 0 Å². The Kier molecular flexibility index (Phi) is 2.32. The Hall–Kier alpha value is -0.0800. The van der Waals surface area contributed by atoms with E-state index in [1.165, 1.54) is 0 Å². The predicted octanol–water partition coefficient (Wildman–Crippen LogP) is 0.774. The van der Waals surface area contributed by atoms with Crippen molar-refractivity contribution in [3.05, 3.63) is 0 Å². The maximum absolute atomic E-state index is 9.31. The highest BCUT2D eigenvalue weighted by molar-refractivity contribution is 4.80. The van der Waals surface area contributed by atoms with Gasteiger partial charge in [0.05, 0.1) is 12.2 Å². The zero-order valence-electron chi connectivity index (χ0n) is 6.62. The van der Waals surface area contributed by atoms with Crippen molar-refractivity contribution in [2.75, 3.05) is 0 Å². The molecule has 0 unspecified atom stereocenters. The maximum atomic E-state index is 9.31. The molecule has 0 heterocycles. The van der Waals surface area contributed by atoms with E-state index < -0.39 is 0 Å². The largest absolute Gasteiger partial charge is 0.393 e. The Balaban J connectivity index is 2.46. The van der Waals surface area contributed by atoms with E-state index in [-0.39, 0.29) is 12.2 Å². The standard InChI is InChI=1S/C8H16O2/c1-5-3-6(2)8(10)4-7(5)9/h5-10H,3-4H2,1-2H3/t5-,6+,7+,8-. The number of aliphatic hydroxyl groups is 2. The van der Waals surface area contributed by atoms with Crippen LogP contribution in [0.15, 0.2) is 0 Å². The third kappa shape index (κ3) is 1.50. The van der Waals surface area contributed by atoms with Crippen LogP contribution in [0.3, 0.4) is 0 Å². The third-order valence-corrected chi connectivity index (χ3v) is 2.54. The molecule has 1 aliphatic carbocycles. The van der Waals surface area contributed by atoms with Crippen LogP contribution in [0.5, 0.6) is 0 Å². The number of aliphatic hydroxyl groups excluding tert-OH is 2. The molecule has 60 valence electrons. The first-order valence-electron chi connectivity index (χ1n) is 3.97. The highest BCUT2D eigenvalue weighted by Crippen LogP contribution is 2.28. The Labute approximate surface area is 61.9 Å². The molecule has 0 aromatic heterocycles. The van der Waals surface area contributed by atoms with Crippen molar-refractivity contribution < 1.29 is 10.2 Å². The molecule has 4 atom stereocenters. The summed E-state index contributed by atoms with van der Waals surface area (Å²) in [5.74, 6) is 0.719. The van der Waals surface area contributed by atoms with Crippen LogP contribution in [0.2, 0.25) is 0 Å². The van der Waals surface area contributed by atoms with Gasteiger partial charge in [0.2, 0.25) is 0 Å². The molecule has 0 bridgehead atoms. The normalized spacial score (nSPS) is 49.2. The summed E-state index contributed by atoms with van der Waals surface area (Å²) in [4.78, 5) is 0. The molecule has 0 amide bonds. The lowest BCUT2D eigenvalue weighted by atomic mass is 9.79. The molecule has 0 aromatic rings. The molecule has 2 N–H and O–H groups in total. The molecule has 1 fully saturated rings. The summed E-state index contributed by atoms with van der Waals surface area (Å²) in [6.45, 7) is 4.07. The summed E-state index contributed by atoms with van der Waals surface area (Å²) in [5.41, 5.74) is 0. The molecule has 0 aliphatic heterocycles. The summed E-state index contributed by atoms with van der Waals surface area (Å²) >= 11 is 0. The zero-order chi connectivity index (χ0) is 7.72. The van der Waals surface area contributed by atoms with Gasteiger partial charge in [-0.05, 0) is 24.7 Å². The quantitative estimate of drug-likeness (QED) is 0.527. The third-order valence-electron chi connectivity index (χ3n) is 2.54. The monoisotopic (exact) mass is 144 g/mol. The van der Waals surface area contributed by atoms with Crippen molar-refractivity contribution in [1.82, 2.24) is 0 Å². The van der Waals surface area contributed by atoms with E-state index in [9.17, 15) is 10.2 Å². The van der Waals surface area contributed by atoms with Gasteiger partial charge in [-0.25, -0.2) is 0 Å². The fraction of sp³-hybridized carbons (Fsp3) is 1.00. The molecule has 1 rings (SSSR count). The van der Waals surface area contributed by atoms with Crippen LogP contribution in [0.25, 0.3) is 0 Å². The Morgan fingerprint density at radius 3 is 1.60 bits per heavy atom. The van der Waals surface area contributed by atoms with Crippen LogP contribution in [0.1, 0.15) is 26.7 Å². The van der Waals surface area contributed by atoms with Crippen molar-refractivity contribution in [2.45, 2.75) is 38.9 Å². The van der Waals surface area contributed by atoms with E-state index in [1.807, 2.05) is 13.8 Å². The first-order valence-corrected chi connectivity index (χ1v) is 3.97. The van der Waals surface area contributed by atoms with E-state index in [2.05, 4.69) is 0 Å². The van der Waals surface area contributed by atoms with Gasteiger partial charge in [0.1, 0.15) is 0 Å². The Morgan fingerprint density at radius 1 is 0.900 bits per heavy atom. The van der Waals surface area contributed by atoms with Crippen LogP contribution < -0.4 is 0 Å². The maximum Gasteiger partial charge on any atom is 0.0590 e. The smallest absolute Gasteiger partial charge is 0.0590 e. The zero-order valence-corrected chi connectivity index (χ0v) is 6.62. The first kappa shape index (κ1) is 8.02. The van der Waals surface area contributed by atoms with E-state index in [0.717, 1.165) is 6.42 Å². The van der Waals surface area contributed by atoms with Crippen molar-refractivity contribution in [2.24, 2.45) is 11.8 Å². The average molecular weight is 144 g/mol. The second-order valence-corrected chi connectivity index (χ2v) is 3.56. The molecule has 1 saturated carbocycles. The lowest BCUT2D eigenvalue weighted by Gasteiger charge is -2.33. The second kappa shape index (κ2) is 2.89. The van der Waals surface area contributed by atoms with Crippen molar-refractivity contribution in [1.29, 1.82) is 0 Å². The van der Waals surface area contributed by atoms with E-state index >= 15 is 0 Å². The summed E-state index contributed by atoms with van der Waals surface area (Å²) in [6, 6.07) is 0. The average Bonchev–Trinajstić information content (AvgIpc) is 1.84. The van der Waals surface area contributed by atoms with Gasteiger partial charge in [0, 0.05) is 0 Å². The molecular formula is C8H16O2. The summed E-state index contributed by atoms with van der Waals surface area (Å²) in [7, 11) is 0. The van der Waals surface area contributed by atoms with Crippen molar-refractivity contribution in [3.63, 3.8) is 0 Å². The second-order valence-electron chi connectivity index (χ2n) is 3.56. The Morgan fingerprint density at radius 2 is 1.30 bits per heavy atom. The van der Waals surface area contributed by atoms with Crippen LogP contribution >= 0.6 is 0 Å². The molecule has 2 nitrogen and oxygen atoms in total. The first-order chi connectivity index (χ1) is 4.61. The number of hydrogen-bond donors (Lipinski definition) is 2. The topological polar surface area (TPSA) is 40.5 Å². The van der Waals surface area contributed by atoms with Crippen LogP contribution in [0.4, 0.5) is 0 Å². The van der Waals surface area contributed by atoms with Crippen LogP contribution in [-0.2, 0) is 0 Å². The molecule has 0 saturated heterocycles.